The van der Waals surface area contributed by atoms with Crippen molar-refractivity contribution in [1.29, 1.82) is 0 Å². The molecule has 2 heterocycles. The predicted molar refractivity (Wildman–Crippen MR) is 118 cm³/mol. The quantitative estimate of drug-likeness (QED) is 0.526. The van der Waals surface area contributed by atoms with E-state index in [0.717, 1.165) is 20.5 Å². The van der Waals surface area contributed by atoms with E-state index in [2.05, 4.69) is 22.0 Å². The molecule has 0 fully saturated rings. The fourth-order valence-electron chi connectivity index (χ4n) is 3.76. The van der Waals surface area contributed by atoms with Crippen LogP contribution in [-0.4, -0.2) is 16.8 Å². The molecule has 4 rings (SSSR count). The Morgan fingerprint density at radius 3 is 2.62 bits per heavy atom. The third-order valence-electron chi connectivity index (χ3n) is 5.34. The zero-order chi connectivity index (χ0) is 20.8. The Hall–Kier alpha value is -2.28. The van der Waals surface area contributed by atoms with Crippen LogP contribution in [0, 0.1) is 13.8 Å². The molecule has 0 saturated carbocycles. The third kappa shape index (κ3) is 3.56. The minimum atomic E-state index is -1.86. The molecule has 6 heteroatoms. The van der Waals surface area contributed by atoms with Crippen LogP contribution >= 0.6 is 27.3 Å². The fourth-order valence-corrected chi connectivity index (χ4v) is 5.08. The number of Topliss-reactive ketones (excluding diaryl/α,β-unsaturated/α-hetero) is 1. The van der Waals surface area contributed by atoms with E-state index in [-0.39, 0.29) is 12.2 Å². The van der Waals surface area contributed by atoms with Crippen molar-refractivity contribution in [3.8, 4) is 0 Å². The summed E-state index contributed by atoms with van der Waals surface area (Å²) >= 11 is 4.65. The van der Waals surface area contributed by atoms with Crippen molar-refractivity contribution in [2.75, 3.05) is 4.90 Å². The molecule has 0 saturated heterocycles. The second-order valence-electron chi connectivity index (χ2n) is 7.40. The number of rotatable bonds is 5. The van der Waals surface area contributed by atoms with Gasteiger partial charge in [0.15, 0.2) is 11.4 Å². The predicted octanol–water partition coefficient (Wildman–Crippen LogP) is 5.13. The number of benzene rings is 2. The monoisotopic (exact) mass is 469 g/mol. The van der Waals surface area contributed by atoms with Gasteiger partial charge in [0.2, 0.25) is 0 Å². The number of aryl methyl sites for hydroxylation is 2. The van der Waals surface area contributed by atoms with E-state index in [4.69, 9.17) is 0 Å². The number of para-hydroxylation sites is 1. The first kappa shape index (κ1) is 20.0. The van der Waals surface area contributed by atoms with Gasteiger partial charge in [-0.2, -0.15) is 0 Å². The Kier molecular flexibility index (Phi) is 5.19. The number of aliphatic hydroxyl groups is 1. The lowest BCUT2D eigenvalue weighted by Crippen LogP contribution is -2.41. The van der Waals surface area contributed by atoms with Crippen molar-refractivity contribution in [3.63, 3.8) is 0 Å². The van der Waals surface area contributed by atoms with E-state index in [1.54, 1.807) is 29.2 Å². The van der Waals surface area contributed by atoms with Crippen molar-refractivity contribution in [3.05, 3.63) is 85.5 Å². The fraction of sp³-hybridized carbons (Fsp3) is 0.217. The Labute approximate surface area is 181 Å². The van der Waals surface area contributed by atoms with Crippen LogP contribution in [0.2, 0.25) is 0 Å². The van der Waals surface area contributed by atoms with Gasteiger partial charge >= 0.3 is 0 Å². The van der Waals surface area contributed by atoms with Gasteiger partial charge in [0.05, 0.1) is 27.3 Å². The van der Waals surface area contributed by atoms with E-state index in [0.29, 0.717) is 22.7 Å². The van der Waals surface area contributed by atoms with Gasteiger partial charge in [0.1, 0.15) is 0 Å². The Morgan fingerprint density at radius 1 is 1.14 bits per heavy atom. The van der Waals surface area contributed by atoms with Crippen LogP contribution in [0.5, 0.6) is 0 Å². The second-order valence-corrected chi connectivity index (χ2v) is 9.87. The van der Waals surface area contributed by atoms with Crippen molar-refractivity contribution in [1.82, 2.24) is 0 Å². The molecule has 1 aliphatic rings. The van der Waals surface area contributed by atoms with Gasteiger partial charge in [-0.3, -0.25) is 9.59 Å². The number of ketones is 1. The highest BCUT2D eigenvalue weighted by Crippen LogP contribution is 2.44. The minimum absolute atomic E-state index is 0.250. The first-order valence-corrected chi connectivity index (χ1v) is 10.9. The summed E-state index contributed by atoms with van der Waals surface area (Å²) in [6.07, 6.45) is -0.279. The van der Waals surface area contributed by atoms with E-state index < -0.39 is 11.5 Å². The number of halogens is 1. The highest BCUT2D eigenvalue weighted by Gasteiger charge is 2.50. The standard InChI is InChI=1S/C23H20BrNO3S/c1-14-7-8-15(2)16(11-14)13-25-18-6-4-3-5-17(18)23(28,22(25)27)12-19(26)20-9-10-21(24)29-20/h3-11,28H,12-13H2,1-2H3/t23-/m0/s1. The highest BCUT2D eigenvalue weighted by molar-refractivity contribution is 9.11. The van der Waals surface area contributed by atoms with Gasteiger partial charge < -0.3 is 10.0 Å². The van der Waals surface area contributed by atoms with Crippen molar-refractivity contribution in [2.24, 2.45) is 0 Å². The van der Waals surface area contributed by atoms with E-state index >= 15 is 0 Å². The molecule has 148 valence electrons. The molecule has 4 nitrogen and oxygen atoms in total. The summed E-state index contributed by atoms with van der Waals surface area (Å²) < 4.78 is 0.836. The van der Waals surface area contributed by atoms with Gasteiger partial charge in [-0.25, -0.2) is 0 Å². The van der Waals surface area contributed by atoms with E-state index in [1.807, 2.05) is 38.1 Å². The number of amides is 1. The molecular formula is C23H20BrNO3S. The summed E-state index contributed by atoms with van der Waals surface area (Å²) in [5, 5.41) is 11.4. The SMILES string of the molecule is Cc1ccc(C)c(CN2C(=O)[C@](O)(CC(=O)c3ccc(Br)s3)c3ccccc32)c1. The summed E-state index contributed by atoms with van der Waals surface area (Å²) in [6, 6.07) is 16.8. The van der Waals surface area contributed by atoms with Gasteiger partial charge in [-0.15, -0.1) is 11.3 Å². The molecule has 1 atom stereocenters. The largest absolute Gasteiger partial charge is 0.375 e. The van der Waals surface area contributed by atoms with Crippen LogP contribution in [0.15, 0.2) is 58.4 Å². The molecule has 1 aliphatic heterocycles. The second kappa shape index (κ2) is 7.52. The minimum Gasteiger partial charge on any atom is -0.375 e. The molecule has 29 heavy (non-hydrogen) atoms. The average molecular weight is 470 g/mol. The number of hydrogen-bond acceptors (Lipinski definition) is 4. The number of anilines is 1. The molecular weight excluding hydrogens is 450 g/mol. The molecule has 0 spiro atoms. The van der Waals surface area contributed by atoms with E-state index in [9.17, 15) is 14.7 Å². The zero-order valence-electron chi connectivity index (χ0n) is 16.1. The lowest BCUT2D eigenvalue weighted by molar-refractivity contribution is -0.136. The Bertz CT molecular complexity index is 1120. The smallest absolute Gasteiger partial charge is 0.264 e. The third-order valence-corrected chi connectivity index (χ3v) is 7.00. The Balaban J connectivity index is 1.70. The van der Waals surface area contributed by atoms with Gasteiger partial charge in [0.25, 0.3) is 5.91 Å². The number of thiophene rings is 1. The van der Waals surface area contributed by atoms with Crippen LogP contribution in [0.1, 0.15) is 38.3 Å². The molecule has 3 aromatic rings. The van der Waals surface area contributed by atoms with Crippen LogP contribution in [0.25, 0.3) is 0 Å². The average Bonchev–Trinajstić information content (AvgIpc) is 3.21. The highest BCUT2D eigenvalue weighted by atomic mass is 79.9. The summed E-state index contributed by atoms with van der Waals surface area (Å²) in [5.41, 5.74) is 2.49. The summed E-state index contributed by atoms with van der Waals surface area (Å²) in [4.78, 5) is 28.3. The first-order valence-electron chi connectivity index (χ1n) is 9.28. The van der Waals surface area contributed by atoms with Crippen LogP contribution < -0.4 is 4.90 Å². The van der Waals surface area contributed by atoms with Crippen LogP contribution in [0.3, 0.4) is 0 Å². The van der Waals surface area contributed by atoms with Gasteiger partial charge in [0, 0.05) is 5.56 Å². The van der Waals surface area contributed by atoms with E-state index in [1.165, 1.54) is 11.3 Å². The lowest BCUT2D eigenvalue weighted by Gasteiger charge is -2.23. The number of carbonyl (C=O) groups is 2. The molecule has 0 aliphatic carbocycles. The van der Waals surface area contributed by atoms with Gasteiger partial charge in [-0.05, 0) is 59.1 Å². The molecule has 1 aromatic heterocycles. The number of nitrogens with zero attached hydrogens (tertiary/aromatic N) is 1. The first-order chi connectivity index (χ1) is 13.8. The maximum Gasteiger partial charge on any atom is 0.264 e. The summed E-state index contributed by atoms with van der Waals surface area (Å²) in [6.45, 7) is 4.37. The van der Waals surface area contributed by atoms with Crippen molar-refractivity contribution >= 4 is 44.6 Å². The molecule has 1 amide bonds. The van der Waals surface area contributed by atoms with Crippen LogP contribution in [0.4, 0.5) is 5.69 Å². The normalized spacial score (nSPS) is 18.2. The topological polar surface area (TPSA) is 57.6 Å². The number of carbonyl (C=O) groups excluding carboxylic acids is 2. The number of hydrogen-bond donors (Lipinski definition) is 1. The summed E-state index contributed by atoms with van der Waals surface area (Å²) in [7, 11) is 0. The lowest BCUT2D eigenvalue weighted by atomic mass is 9.89. The molecule has 0 bridgehead atoms. The zero-order valence-corrected chi connectivity index (χ0v) is 18.5. The maximum absolute atomic E-state index is 13.4. The molecule has 0 unspecified atom stereocenters. The van der Waals surface area contributed by atoms with Gasteiger partial charge in [-0.1, -0.05) is 42.0 Å². The number of fused-ring (bicyclic) bond motifs is 1. The van der Waals surface area contributed by atoms with Crippen LogP contribution in [-0.2, 0) is 16.9 Å². The Morgan fingerprint density at radius 2 is 1.90 bits per heavy atom. The molecule has 0 radical (unpaired) electrons. The maximum atomic E-state index is 13.4. The van der Waals surface area contributed by atoms with Crippen molar-refractivity contribution in [2.45, 2.75) is 32.4 Å². The molecule has 1 N–H and O–H groups in total. The van der Waals surface area contributed by atoms with Crippen molar-refractivity contribution < 1.29 is 14.7 Å². The summed E-state index contributed by atoms with van der Waals surface area (Å²) in [5.74, 6) is -0.705. The molecule has 2 aromatic carbocycles.